The van der Waals surface area contributed by atoms with E-state index in [9.17, 15) is 4.79 Å². The van der Waals surface area contributed by atoms with Gasteiger partial charge in [-0.1, -0.05) is 25.7 Å². The van der Waals surface area contributed by atoms with Crippen molar-refractivity contribution in [1.82, 2.24) is 4.90 Å². The number of piperidine rings is 1. The Morgan fingerprint density at radius 3 is 2.76 bits per heavy atom. The van der Waals surface area contributed by atoms with Gasteiger partial charge >= 0.3 is 0 Å². The van der Waals surface area contributed by atoms with Crippen LogP contribution >= 0.6 is 0 Å². The predicted octanol–water partition coefficient (Wildman–Crippen LogP) is 2.46. The van der Waals surface area contributed by atoms with Crippen molar-refractivity contribution < 1.29 is 9.90 Å². The zero-order valence-electron chi connectivity index (χ0n) is 13.0. The van der Waals surface area contributed by atoms with Gasteiger partial charge in [0.1, 0.15) is 6.61 Å². The third-order valence-electron chi connectivity index (χ3n) is 4.40. The number of carbonyl (C=O) groups excluding carboxylic acids is 1. The normalized spacial score (nSPS) is 21.6. The van der Waals surface area contributed by atoms with Gasteiger partial charge in [-0.2, -0.15) is 0 Å². The van der Waals surface area contributed by atoms with Crippen LogP contribution in [0.15, 0.2) is 18.2 Å². The van der Waals surface area contributed by atoms with Crippen LogP contribution in [0.5, 0.6) is 0 Å². The average molecular weight is 285 g/mol. The second-order valence-electron chi connectivity index (χ2n) is 5.98. The Morgan fingerprint density at radius 1 is 1.38 bits per heavy atom. The molecular weight excluding hydrogens is 262 g/mol. The molecule has 2 rings (SSSR count). The Morgan fingerprint density at radius 2 is 2.14 bits per heavy atom. The van der Waals surface area contributed by atoms with Crippen LogP contribution < -0.4 is 0 Å². The minimum atomic E-state index is -0.149. The van der Waals surface area contributed by atoms with Gasteiger partial charge in [0.2, 0.25) is 0 Å². The molecule has 21 heavy (non-hydrogen) atoms. The average Bonchev–Trinajstić information content (AvgIpc) is 2.48. The van der Waals surface area contributed by atoms with Crippen molar-refractivity contribution in [3.05, 3.63) is 34.9 Å². The number of benzene rings is 1. The summed E-state index contributed by atoms with van der Waals surface area (Å²) in [5.74, 6) is 6.89. The Labute approximate surface area is 127 Å². The van der Waals surface area contributed by atoms with Crippen molar-refractivity contribution in [3.8, 4) is 11.8 Å². The largest absolute Gasteiger partial charge is 0.384 e. The minimum Gasteiger partial charge on any atom is -0.384 e. The summed E-state index contributed by atoms with van der Waals surface area (Å²) in [6.07, 6.45) is 1.08. The molecule has 1 aliphatic heterocycles. The molecule has 0 saturated carbocycles. The quantitative estimate of drug-likeness (QED) is 0.805. The number of aryl methyl sites for hydroxylation is 1. The van der Waals surface area contributed by atoms with Gasteiger partial charge in [0, 0.05) is 24.2 Å². The SMILES string of the molecule is Cc1cc(C(=O)N2CCC(C)C(C)C2)ccc1C#CCO. The van der Waals surface area contributed by atoms with Crippen LogP contribution in [-0.4, -0.2) is 35.6 Å². The van der Waals surface area contributed by atoms with Crippen molar-refractivity contribution in [3.63, 3.8) is 0 Å². The van der Waals surface area contributed by atoms with Gasteiger partial charge in [0.05, 0.1) is 0 Å². The van der Waals surface area contributed by atoms with Crippen LogP contribution in [0.25, 0.3) is 0 Å². The summed E-state index contributed by atoms with van der Waals surface area (Å²) < 4.78 is 0. The molecule has 1 fully saturated rings. The lowest BCUT2D eigenvalue weighted by Gasteiger charge is -2.35. The summed E-state index contributed by atoms with van der Waals surface area (Å²) in [5, 5.41) is 8.74. The van der Waals surface area contributed by atoms with E-state index in [4.69, 9.17) is 5.11 Å². The molecule has 3 heteroatoms. The van der Waals surface area contributed by atoms with Crippen molar-refractivity contribution in [2.75, 3.05) is 19.7 Å². The Hall–Kier alpha value is -1.79. The van der Waals surface area contributed by atoms with E-state index < -0.39 is 0 Å². The molecule has 1 N–H and O–H groups in total. The number of aliphatic hydroxyl groups is 1. The fraction of sp³-hybridized carbons (Fsp3) is 0.500. The second-order valence-corrected chi connectivity index (χ2v) is 5.98. The molecule has 3 nitrogen and oxygen atoms in total. The number of hydrogen-bond donors (Lipinski definition) is 1. The number of rotatable bonds is 1. The molecule has 1 aliphatic rings. The molecule has 1 heterocycles. The Bertz CT molecular complexity index is 583. The molecule has 0 spiro atoms. The summed E-state index contributed by atoms with van der Waals surface area (Å²) in [6, 6.07) is 5.59. The maximum Gasteiger partial charge on any atom is 0.253 e. The van der Waals surface area contributed by atoms with E-state index in [0.717, 1.165) is 36.2 Å². The van der Waals surface area contributed by atoms with E-state index in [2.05, 4.69) is 25.7 Å². The first-order valence-corrected chi connectivity index (χ1v) is 7.52. The summed E-state index contributed by atoms with van der Waals surface area (Å²) in [4.78, 5) is 14.5. The Balaban J connectivity index is 2.15. The smallest absolute Gasteiger partial charge is 0.253 e. The Kier molecular flexibility index (Phi) is 5.03. The molecule has 0 aliphatic carbocycles. The lowest BCUT2D eigenvalue weighted by Crippen LogP contribution is -2.42. The van der Waals surface area contributed by atoms with Crippen LogP contribution in [0.2, 0.25) is 0 Å². The van der Waals surface area contributed by atoms with E-state index in [1.54, 1.807) is 0 Å². The molecule has 1 aromatic carbocycles. The molecule has 2 atom stereocenters. The van der Waals surface area contributed by atoms with E-state index in [1.807, 2.05) is 30.0 Å². The van der Waals surface area contributed by atoms with Crippen LogP contribution in [-0.2, 0) is 0 Å². The maximum absolute atomic E-state index is 12.6. The molecule has 1 saturated heterocycles. The molecule has 2 unspecified atom stereocenters. The summed E-state index contributed by atoms with van der Waals surface area (Å²) >= 11 is 0. The highest BCUT2D eigenvalue weighted by Crippen LogP contribution is 2.24. The van der Waals surface area contributed by atoms with Gasteiger partial charge < -0.3 is 10.0 Å². The first kappa shape index (κ1) is 15.6. The van der Waals surface area contributed by atoms with Gasteiger partial charge in [-0.05, 0) is 48.9 Å². The van der Waals surface area contributed by atoms with Crippen LogP contribution in [0.4, 0.5) is 0 Å². The summed E-state index contributed by atoms with van der Waals surface area (Å²) in [5.41, 5.74) is 2.56. The molecule has 1 aromatic rings. The fourth-order valence-corrected chi connectivity index (χ4v) is 2.70. The maximum atomic E-state index is 12.6. The third-order valence-corrected chi connectivity index (χ3v) is 4.40. The lowest BCUT2D eigenvalue weighted by atomic mass is 9.88. The van der Waals surface area contributed by atoms with Gasteiger partial charge in [-0.3, -0.25) is 4.79 Å². The standard InChI is InChI=1S/C18H23NO2/c1-13-8-9-19(12-15(13)3)18(21)17-7-6-16(5-4-10-20)14(2)11-17/h6-7,11,13,15,20H,8-10,12H2,1-3H3. The number of aliphatic hydroxyl groups excluding tert-OH is 1. The van der Waals surface area contributed by atoms with Gasteiger partial charge in [0.15, 0.2) is 0 Å². The molecular formula is C18H23NO2. The zero-order valence-corrected chi connectivity index (χ0v) is 13.0. The number of nitrogens with zero attached hydrogens (tertiary/aromatic N) is 1. The van der Waals surface area contributed by atoms with Gasteiger partial charge in [-0.25, -0.2) is 0 Å². The van der Waals surface area contributed by atoms with Crippen LogP contribution in [0.3, 0.4) is 0 Å². The molecule has 0 radical (unpaired) electrons. The van der Waals surface area contributed by atoms with Crippen molar-refractivity contribution in [2.45, 2.75) is 27.2 Å². The second kappa shape index (κ2) is 6.78. The number of hydrogen-bond acceptors (Lipinski definition) is 2. The molecule has 112 valence electrons. The van der Waals surface area contributed by atoms with Gasteiger partial charge in [0.25, 0.3) is 5.91 Å². The van der Waals surface area contributed by atoms with E-state index >= 15 is 0 Å². The summed E-state index contributed by atoms with van der Waals surface area (Å²) in [7, 11) is 0. The third kappa shape index (κ3) is 3.65. The lowest BCUT2D eigenvalue weighted by molar-refractivity contribution is 0.0627. The van der Waals surface area contributed by atoms with Crippen LogP contribution in [0.1, 0.15) is 41.8 Å². The fourth-order valence-electron chi connectivity index (χ4n) is 2.70. The van der Waals surface area contributed by atoms with Crippen LogP contribution in [0, 0.1) is 30.6 Å². The number of carbonyl (C=O) groups is 1. The number of amides is 1. The first-order valence-electron chi connectivity index (χ1n) is 7.52. The van der Waals surface area contributed by atoms with Crippen molar-refractivity contribution in [2.24, 2.45) is 11.8 Å². The van der Waals surface area contributed by atoms with Crippen molar-refractivity contribution >= 4 is 5.91 Å². The number of likely N-dealkylation sites (tertiary alicyclic amines) is 1. The van der Waals surface area contributed by atoms with E-state index in [0.29, 0.717) is 11.8 Å². The topological polar surface area (TPSA) is 40.5 Å². The first-order chi connectivity index (χ1) is 10.0. The highest BCUT2D eigenvalue weighted by molar-refractivity contribution is 5.94. The minimum absolute atomic E-state index is 0.110. The zero-order chi connectivity index (χ0) is 15.4. The highest BCUT2D eigenvalue weighted by atomic mass is 16.2. The molecule has 0 bridgehead atoms. The highest BCUT2D eigenvalue weighted by Gasteiger charge is 2.26. The predicted molar refractivity (Wildman–Crippen MR) is 84.0 cm³/mol. The molecule has 0 aromatic heterocycles. The summed E-state index contributed by atoms with van der Waals surface area (Å²) in [6.45, 7) is 7.94. The van der Waals surface area contributed by atoms with E-state index in [-0.39, 0.29) is 12.5 Å². The monoisotopic (exact) mass is 285 g/mol. The van der Waals surface area contributed by atoms with Crippen molar-refractivity contribution in [1.29, 1.82) is 0 Å². The molecule has 1 amide bonds. The van der Waals surface area contributed by atoms with Gasteiger partial charge in [-0.15, -0.1) is 0 Å². The van der Waals surface area contributed by atoms with E-state index in [1.165, 1.54) is 0 Å².